The van der Waals surface area contributed by atoms with Crippen LogP contribution in [0.4, 0.5) is 19.0 Å². The number of aryl methyl sites for hydroxylation is 1. The van der Waals surface area contributed by atoms with Gasteiger partial charge in [0.25, 0.3) is 0 Å². The lowest BCUT2D eigenvalue weighted by Gasteiger charge is -2.24. The van der Waals surface area contributed by atoms with Gasteiger partial charge >= 0.3 is 12.1 Å². The number of fused-ring (bicyclic) bond motifs is 1. The summed E-state index contributed by atoms with van der Waals surface area (Å²) in [7, 11) is 1.88. The quantitative estimate of drug-likeness (QED) is 0.330. The molecule has 0 atom stereocenters. The van der Waals surface area contributed by atoms with E-state index in [1.807, 2.05) is 29.9 Å². The highest BCUT2D eigenvalue weighted by atomic mass is 35.5. The van der Waals surface area contributed by atoms with Gasteiger partial charge in [-0.1, -0.05) is 11.6 Å². The summed E-state index contributed by atoms with van der Waals surface area (Å²) < 4.78 is 42.7. The van der Waals surface area contributed by atoms with Crippen molar-refractivity contribution in [3.05, 3.63) is 82.8 Å². The Labute approximate surface area is 195 Å². The lowest BCUT2D eigenvalue weighted by Crippen LogP contribution is -2.17. The minimum Gasteiger partial charge on any atom is -0.478 e. The van der Waals surface area contributed by atoms with Crippen molar-refractivity contribution in [3.8, 4) is 0 Å². The van der Waals surface area contributed by atoms with E-state index in [9.17, 15) is 18.0 Å². The van der Waals surface area contributed by atoms with Crippen LogP contribution in [0.1, 0.15) is 21.5 Å². The average molecular weight is 493 g/mol. The van der Waals surface area contributed by atoms with Gasteiger partial charge in [0, 0.05) is 35.9 Å². The number of pyridine rings is 2. The van der Waals surface area contributed by atoms with E-state index >= 15 is 0 Å². The van der Waals surface area contributed by atoms with E-state index in [1.54, 1.807) is 22.6 Å². The fraction of sp³-hybridized carbons (Fsp3) is 0.136. The highest BCUT2D eigenvalue weighted by Crippen LogP contribution is 2.38. The van der Waals surface area contributed by atoms with Crippen LogP contribution in [0.25, 0.3) is 11.0 Å². The number of aromatic carboxylic acids is 1. The maximum Gasteiger partial charge on any atom is 0.417 e. The van der Waals surface area contributed by atoms with E-state index in [0.717, 1.165) is 28.9 Å². The van der Waals surface area contributed by atoms with Crippen molar-refractivity contribution in [2.45, 2.75) is 17.6 Å². The molecule has 0 spiro atoms. The largest absolute Gasteiger partial charge is 0.478 e. The molecule has 0 saturated heterocycles. The molecule has 4 rings (SSSR count). The van der Waals surface area contributed by atoms with Gasteiger partial charge in [-0.2, -0.15) is 13.2 Å². The summed E-state index contributed by atoms with van der Waals surface area (Å²) in [4.78, 5) is 20.2. The zero-order valence-corrected chi connectivity index (χ0v) is 18.6. The van der Waals surface area contributed by atoms with Gasteiger partial charge in [0.05, 0.1) is 22.7 Å². The average Bonchev–Trinajstić information content (AvgIpc) is 3.13. The normalized spacial score (nSPS) is 11.7. The summed E-state index contributed by atoms with van der Waals surface area (Å²) in [6, 6.07) is 10.8. The van der Waals surface area contributed by atoms with Gasteiger partial charge in [0.1, 0.15) is 5.65 Å². The highest BCUT2D eigenvalue weighted by Gasteiger charge is 2.32. The van der Waals surface area contributed by atoms with E-state index in [0.29, 0.717) is 4.90 Å². The van der Waals surface area contributed by atoms with Crippen LogP contribution >= 0.6 is 23.5 Å². The zero-order chi connectivity index (χ0) is 23.8. The third-order valence-electron chi connectivity index (χ3n) is 4.79. The van der Waals surface area contributed by atoms with E-state index in [2.05, 4.69) is 9.97 Å². The van der Waals surface area contributed by atoms with Crippen LogP contribution in [-0.2, 0) is 19.8 Å². The van der Waals surface area contributed by atoms with Crippen molar-refractivity contribution in [2.24, 2.45) is 7.05 Å². The van der Waals surface area contributed by atoms with E-state index in [-0.39, 0.29) is 22.9 Å². The number of anilines is 1. The molecule has 4 aromatic rings. The first-order valence-electron chi connectivity index (χ1n) is 9.53. The van der Waals surface area contributed by atoms with Crippen LogP contribution in [0.5, 0.6) is 0 Å². The van der Waals surface area contributed by atoms with Crippen molar-refractivity contribution in [1.82, 2.24) is 14.5 Å². The Hall–Kier alpha value is -3.24. The smallest absolute Gasteiger partial charge is 0.417 e. The first kappa shape index (κ1) is 22.9. The molecule has 0 unspecified atom stereocenters. The third kappa shape index (κ3) is 5.07. The Kier molecular flexibility index (Phi) is 6.22. The molecule has 1 aromatic carbocycles. The first-order valence-corrected chi connectivity index (χ1v) is 10.7. The van der Waals surface area contributed by atoms with Crippen molar-refractivity contribution in [3.63, 3.8) is 0 Å². The second kappa shape index (κ2) is 8.95. The molecule has 11 heteroatoms. The van der Waals surface area contributed by atoms with Crippen molar-refractivity contribution in [1.29, 1.82) is 0 Å². The molecule has 0 aliphatic rings. The number of rotatable bonds is 6. The molecule has 0 bridgehead atoms. The number of carboxylic acid groups (broad SMARTS) is 1. The summed E-state index contributed by atoms with van der Waals surface area (Å²) in [5, 5.41) is 9.86. The zero-order valence-electron chi connectivity index (χ0n) is 17.0. The SMILES string of the molecule is Cn1ccc2cc(CN(Sc3ccc(C(=O)O)cc3)c3ncc(C(F)(F)F)cc3Cl)cnc21. The van der Waals surface area contributed by atoms with Gasteiger partial charge < -0.3 is 9.67 Å². The predicted molar refractivity (Wildman–Crippen MR) is 120 cm³/mol. The van der Waals surface area contributed by atoms with Crippen LogP contribution in [0.2, 0.25) is 5.02 Å². The second-order valence-corrected chi connectivity index (χ2v) is 8.67. The Bertz CT molecular complexity index is 1330. The molecule has 0 amide bonds. The number of hydrogen-bond acceptors (Lipinski definition) is 5. The van der Waals surface area contributed by atoms with Crippen LogP contribution in [0, 0.1) is 0 Å². The Morgan fingerprint density at radius 1 is 1.15 bits per heavy atom. The van der Waals surface area contributed by atoms with Crippen LogP contribution < -0.4 is 4.31 Å². The van der Waals surface area contributed by atoms with Crippen LogP contribution in [0.3, 0.4) is 0 Å². The standard InChI is InChI=1S/C22H16ClF3N4O2S/c1-29-7-6-15-8-13(10-27-19(15)29)12-30(33-17-4-2-14(3-5-17)21(31)32)20-18(23)9-16(11-28-20)22(24,25)26/h2-11H,12H2,1H3,(H,31,32). The molecule has 3 heterocycles. The predicted octanol–water partition coefficient (Wildman–Crippen LogP) is 6.05. The van der Waals surface area contributed by atoms with Crippen molar-refractivity contribution >= 4 is 46.4 Å². The van der Waals surface area contributed by atoms with Crippen LogP contribution in [0.15, 0.2) is 66.0 Å². The fourth-order valence-corrected chi connectivity index (χ4v) is 4.43. The summed E-state index contributed by atoms with van der Waals surface area (Å²) in [6.07, 6.45) is -0.267. The fourth-order valence-electron chi connectivity index (χ4n) is 3.16. The number of carbonyl (C=O) groups is 1. The van der Waals surface area contributed by atoms with Gasteiger partial charge in [-0.15, -0.1) is 0 Å². The minimum absolute atomic E-state index is 0.121. The van der Waals surface area contributed by atoms with Crippen molar-refractivity contribution < 1.29 is 23.1 Å². The maximum absolute atomic E-state index is 13.1. The number of hydrogen-bond donors (Lipinski definition) is 1. The van der Waals surface area contributed by atoms with Crippen molar-refractivity contribution in [2.75, 3.05) is 4.31 Å². The Morgan fingerprint density at radius 3 is 2.52 bits per heavy atom. The van der Waals surface area contributed by atoms with Crippen LogP contribution in [-0.4, -0.2) is 25.6 Å². The summed E-state index contributed by atoms with van der Waals surface area (Å²) >= 11 is 7.39. The van der Waals surface area contributed by atoms with Gasteiger partial charge in [-0.25, -0.2) is 14.8 Å². The first-order chi connectivity index (χ1) is 15.6. The number of carboxylic acids is 1. The molecule has 1 N–H and O–H groups in total. The summed E-state index contributed by atoms with van der Waals surface area (Å²) in [5.74, 6) is -0.914. The molecule has 3 aromatic heterocycles. The summed E-state index contributed by atoms with van der Waals surface area (Å²) in [6.45, 7) is 0.237. The number of benzene rings is 1. The summed E-state index contributed by atoms with van der Waals surface area (Å²) in [5.41, 5.74) is 0.767. The number of nitrogens with zero attached hydrogens (tertiary/aromatic N) is 4. The number of aromatic nitrogens is 3. The van der Waals surface area contributed by atoms with Gasteiger partial charge in [0.15, 0.2) is 5.82 Å². The maximum atomic E-state index is 13.1. The molecule has 0 saturated carbocycles. The van der Waals surface area contributed by atoms with Gasteiger partial charge in [-0.05, 0) is 60.0 Å². The molecule has 0 fully saturated rings. The lowest BCUT2D eigenvalue weighted by molar-refractivity contribution is -0.137. The number of alkyl halides is 3. The monoisotopic (exact) mass is 492 g/mol. The number of halogens is 4. The molecule has 0 aliphatic heterocycles. The second-order valence-electron chi connectivity index (χ2n) is 7.17. The van der Waals surface area contributed by atoms with Gasteiger partial charge in [-0.3, -0.25) is 4.31 Å². The van der Waals surface area contributed by atoms with E-state index < -0.39 is 17.7 Å². The topological polar surface area (TPSA) is 71.2 Å². The molecule has 170 valence electrons. The third-order valence-corrected chi connectivity index (χ3v) is 6.08. The minimum atomic E-state index is -4.57. The Balaban J connectivity index is 1.70. The Morgan fingerprint density at radius 2 is 1.88 bits per heavy atom. The van der Waals surface area contributed by atoms with E-state index in [1.165, 1.54) is 24.1 Å². The highest BCUT2D eigenvalue weighted by molar-refractivity contribution is 8.00. The molecule has 33 heavy (non-hydrogen) atoms. The molecule has 0 aliphatic carbocycles. The molecular weight excluding hydrogens is 477 g/mol. The molecular formula is C22H16ClF3N4O2S. The van der Waals surface area contributed by atoms with Gasteiger partial charge in [0.2, 0.25) is 0 Å². The van der Waals surface area contributed by atoms with E-state index in [4.69, 9.17) is 16.7 Å². The molecule has 6 nitrogen and oxygen atoms in total. The lowest BCUT2D eigenvalue weighted by atomic mass is 10.2. The molecule has 0 radical (unpaired) electrons.